The molecule has 0 aliphatic heterocycles. The fraction of sp³-hybridized carbons (Fsp3) is 0.200. The molecule has 3 nitrogen and oxygen atoms in total. The minimum Gasteiger partial charge on any atom is -0.283 e. The summed E-state index contributed by atoms with van der Waals surface area (Å²) in [5.74, 6) is -0.456. The second-order valence-corrected chi connectivity index (χ2v) is 6.47. The summed E-state index contributed by atoms with van der Waals surface area (Å²) in [6, 6.07) is 11.5. The molecule has 0 saturated carbocycles. The summed E-state index contributed by atoms with van der Waals surface area (Å²) in [6.45, 7) is 3.46. The van der Waals surface area contributed by atoms with Gasteiger partial charge >= 0.3 is 0 Å². The van der Waals surface area contributed by atoms with E-state index in [1.54, 1.807) is 19.1 Å². The van der Waals surface area contributed by atoms with Crippen molar-refractivity contribution in [2.45, 2.75) is 19.6 Å². The second kappa shape index (κ2) is 5.63. The summed E-state index contributed by atoms with van der Waals surface area (Å²) in [5.41, 5.74) is 2.45. The summed E-state index contributed by atoms with van der Waals surface area (Å²) >= 11 is 0. The third kappa shape index (κ3) is 3.57. The van der Waals surface area contributed by atoms with E-state index in [4.69, 9.17) is 0 Å². The number of nitrogens with one attached hydrogen (secondary N) is 1. The molecule has 0 aromatic heterocycles. The van der Waals surface area contributed by atoms with Gasteiger partial charge in [-0.3, -0.25) is 4.72 Å². The molecule has 0 aliphatic carbocycles. The SMILES string of the molecule is Cc1cc(NS(=O)(=O)Cc2ccccc2C)ccc1F. The average Bonchev–Trinajstić information content (AvgIpc) is 2.36. The second-order valence-electron chi connectivity index (χ2n) is 4.75. The van der Waals surface area contributed by atoms with Crippen LogP contribution in [0.2, 0.25) is 0 Å². The third-order valence-corrected chi connectivity index (χ3v) is 4.28. The van der Waals surface area contributed by atoms with Gasteiger partial charge in [-0.25, -0.2) is 12.8 Å². The molecule has 1 N–H and O–H groups in total. The van der Waals surface area contributed by atoms with E-state index in [0.29, 0.717) is 11.3 Å². The first-order valence-electron chi connectivity index (χ1n) is 6.18. The molecule has 0 saturated heterocycles. The van der Waals surface area contributed by atoms with Gasteiger partial charge in [0.15, 0.2) is 0 Å². The van der Waals surface area contributed by atoms with E-state index in [2.05, 4.69) is 4.72 Å². The predicted molar refractivity (Wildman–Crippen MR) is 78.6 cm³/mol. The highest BCUT2D eigenvalue weighted by Gasteiger charge is 2.13. The van der Waals surface area contributed by atoms with E-state index in [1.807, 2.05) is 19.1 Å². The lowest BCUT2D eigenvalue weighted by Crippen LogP contribution is -2.15. The van der Waals surface area contributed by atoms with Gasteiger partial charge < -0.3 is 0 Å². The van der Waals surface area contributed by atoms with Gasteiger partial charge in [-0.1, -0.05) is 24.3 Å². The van der Waals surface area contributed by atoms with Gasteiger partial charge in [0.2, 0.25) is 10.0 Å². The van der Waals surface area contributed by atoms with Gasteiger partial charge in [-0.2, -0.15) is 0 Å². The Kier molecular flexibility index (Phi) is 4.09. The van der Waals surface area contributed by atoms with Crippen LogP contribution in [-0.2, 0) is 15.8 Å². The highest BCUT2D eigenvalue weighted by atomic mass is 32.2. The molecule has 106 valence electrons. The van der Waals surface area contributed by atoms with Crippen LogP contribution in [0.4, 0.5) is 10.1 Å². The van der Waals surface area contributed by atoms with Crippen LogP contribution >= 0.6 is 0 Å². The van der Waals surface area contributed by atoms with Gasteiger partial charge in [0.25, 0.3) is 0 Å². The van der Waals surface area contributed by atoms with E-state index in [1.165, 1.54) is 18.2 Å². The maximum absolute atomic E-state index is 13.2. The number of rotatable bonds is 4. The van der Waals surface area contributed by atoms with Crippen LogP contribution in [0.1, 0.15) is 16.7 Å². The minimum absolute atomic E-state index is 0.101. The Bertz CT molecular complexity index is 726. The Labute approximate surface area is 118 Å². The van der Waals surface area contributed by atoms with Crippen molar-refractivity contribution in [3.63, 3.8) is 0 Å². The summed E-state index contributed by atoms with van der Waals surface area (Å²) in [4.78, 5) is 0. The van der Waals surface area contributed by atoms with Crippen molar-refractivity contribution >= 4 is 15.7 Å². The summed E-state index contributed by atoms with van der Waals surface area (Å²) in [7, 11) is -3.51. The first-order chi connectivity index (χ1) is 9.37. The normalized spacial score (nSPS) is 11.3. The molecule has 0 atom stereocenters. The van der Waals surface area contributed by atoms with Crippen LogP contribution in [0, 0.1) is 19.7 Å². The van der Waals surface area contributed by atoms with E-state index < -0.39 is 10.0 Å². The van der Waals surface area contributed by atoms with E-state index in [0.717, 1.165) is 11.1 Å². The molecule has 2 aromatic carbocycles. The molecule has 0 unspecified atom stereocenters. The van der Waals surface area contributed by atoms with Crippen molar-refractivity contribution in [2.24, 2.45) is 0 Å². The largest absolute Gasteiger partial charge is 0.283 e. The van der Waals surface area contributed by atoms with E-state index >= 15 is 0 Å². The maximum atomic E-state index is 13.2. The summed E-state index contributed by atoms with van der Waals surface area (Å²) < 4.78 is 39.8. The standard InChI is InChI=1S/C15H16FNO2S/c1-11-5-3-4-6-13(11)10-20(18,19)17-14-7-8-15(16)12(2)9-14/h3-9,17H,10H2,1-2H3. The zero-order valence-electron chi connectivity index (χ0n) is 11.4. The Morgan fingerprint density at radius 3 is 2.40 bits per heavy atom. The Morgan fingerprint density at radius 2 is 1.75 bits per heavy atom. The number of sulfonamides is 1. The highest BCUT2D eigenvalue weighted by molar-refractivity contribution is 7.91. The maximum Gasteiger partial charge on any atom is 0.236 e. The summed E-state index contributed by atoms with van der Waals surface area (Å²) in [5, 5.41) is 0. The molecule has 0 aliphatic rings. The molecule has 5 heteroatoms. The monoisotopic (exact) mass is 293 g/mol. The number of aryl methyl sites for hydroxylation is 2. The smallest absolute Gasteiger partial charge is 0.236 e. The number of halogens is 1. The van der Waals surface area contributed by atoms with Crippen molar-refractivity contribution in [1.82, 2.24) is 0 Å². The van der Waals surface area contributed by atoms with Gasteiger partial charge in [0.05, 0.1) is 5.75 Å². The van der Waals surface area contributed by atoms with Gasteiger partial charge in [0.1, 0.15) is 5.82 Å². The molecule has 0 fully saturated rings. The van der Waals surface area contributed by atoms with Crippen LogP contribution < -0.4 is 4.72 Å². The molecule has 0 spiro atoms. The van der Waals surface area contributed by atoms with Crippen LogP contribution in [0.25, 0.3) is 0 Å². The predicted octanol–water partition coefficient (Wildman–Crippen LogP) is 3.38. The lowest BCUT2D eigenvalue weighted by molar-refractivity contribution is 0.600. The van der Waals surface area contributed by atoms with Gasteiger partial charge in [-0.05, 0) is 48.7 Å². The number of hydrogen-bond acceptors (Lipinski definition) is 2. The van der Waals surface area contributed by atoms with Gasteiger partial charge in [0, 0.05) is 5.69 Å². The minimum atomic E-state index is -3.51. The lowest BCUT2D eigenvalue weighted by Gasteiger charge is -2.10. The van der Waals surface area contributed by atoms with Crippen LogP contribution in [0.3, 0.4) is 0 Å². The molecule has 0 bridgehead atoms. The van der Waals surface area contributed by atoms with Crippen molar-refractivity contribution < 1.29 is 12.8 Å². The van der Waals surface area contributed by atoms with Crippen molar-refractivity contribution in [3.05, 3.63) is 65.0 Å². The fourth-order valence-corrected chi connectivity index (χ4v) is 3.19. The van der Waals surface area contributed by atoms with Crippen molar-refractivity contribution in [2.75, 3.05) is 4.72 Å². The number of anilines is 1. The van der Waals surface area contributed by atoms with Crippen molar-refractivity contribution in [1.29, 1.82) is 0 Å². The molecular weight excluding hydrogens is 277 g/mol. The molecule has 20 heavy (non-hydrogen) atoms. The fourth-order valence-electron chi connectivity index (χ4n) is 1.90. The molecule has 0 amide bonds. The molecular formula is C15H16FNO2S. The molecule has 0 heterocycles. The van der Waals surface area contributed by atoms with Crippen molar-refractivity contribution in [3.8, 4) is 0 Å². The number of hydrogen-bond donors (Lipinski definition) is 1. The first-order valence-corrected chi connectivity index (χ1v) is 7.84. The molecule has 0 radical (unpaired) electrons. The average molecular weight is 293 g/mol. The first kappa shape index (κ1) is 14.5. The van der Waals surface area contributed by atoms with Crippen LogP contribution in [-0.4, -0.2) is 8.42 Å². The zero-order valence-corrected chi connectivity index (χ0v) is 12.2. The Hall–Kier alpha value is -1.88. The Balaban J connectivity index is 2.19. The van der Waals surface area contributed by atoms with E-state index in [9.17, 15) is 12.8 Å². The van der Waals surface area contributed by atoms with E-state index in [-0.39, 0.29) is 11.6 Å². The van der Waals surface area contributed by atoms with Crippen LogP contribution in [0.5, 0.6) is 0 Å². The highest BCUT2D eigenvalue weighted by Crippen LogP contribution is 2.17. The summed E-state index contributed by atoms with van der Waals surface area (Å²) in [6.07, 6.45) is 0. The molecule has 2 aromatic rings. The number of benzene rings is 2. The van der Waals surface area contributed by atoms with Gasteiger partial charge in [-0.15, -0.1) is 0 Å². The molecule has 2 rings (SSSR count). The topological polar surface area (TPSA) is 46.2 Å². The zero-order chi connectivity index (χ0) is 14.8. The van der Waals surface area contributed by atoms with Crippen LogP contribution in [0.15, 0.2) is 42.5 Å². The lowest BCUT2D eigenvalue weighted by atomic mass is 10.1. The Morgan fingerprint density at radius 1 is 1.05 bits per heavy atom. The quantitative estimate of drug-likeness (QED) is 0.939. The third-order valence-electron chi connectivity index (χ3n) is 3.04.